The second-order valence-electron chi connectivity index (χ2n) is 8.50. The van der Waals surface area contributed by atoms with E-state index in [2.05, 4.69) is 9.88 Å². The summed E-state index contributed by atoms with van der Waals surface area (Å²) < 4.78 is 78.2. The highest BCUT2D eigenvalue weighted by atomic mass is 19.4. The summed E-state index contributed by atoms with van der Waals surface area (Å²) in [6.07, 6.45) is -8.12. The van der Waals surface area contributed by atoms with E-state index in [-0.39, 0.29) is 6.04 Å². The van der Waals surface area contributed by atoms with Gasteiger partial charge in [-0.1, -0.05) is 42.5 Å². The van der Waals surface area contributed by atoms with Crippen molar-refractivity contribution in [2.75, 3.05) is 6.54 Å². The van der Waals surface area contributed by atoms with E-state index in [0.717, 1.165) is 52.8 Å². The normalized spacial score (nSPS) is 17.2. The van der Waals surface area contributed by atoms with Gasteiger partial charge in [-0.15, -0.1) is 0 Å². The highest BCUT2D eigenvalue weighted by Crippen LogP contribution is 2.40. The lowest BCUT2D eigenvalue weighted by Gasteiger charge is -2.36. The Labute approximate surface area is 191 Å². The third-order valence-corrected chi connectivity index (χ3v) is 6.35. The summed E-state index contributed by atoms with van der Waals surface area (Å²) in [4.78, 5) is 5.53. The average Bonchev–Trinajstić information content (AvgIpc) is 3.17. The van der Waals surface area contributed by atoms with Crippen LogP contribution in [0.25, 0.3) is 10.9 Å². The van der Waals surface area contributed by atoms with Crippen molar-refractivity contribution in [3.05, 3.63) is 106 Å². The van der Waals surface area contributed by atoms with Crippen molar-refractivity contribution in [1.82, 2.24) is 9.88 Å². The van der Waals surface area contributed by atoms with Gasteiger partial charge in [0.05, 0.1) is 17.2 Å². The molecule has 0 spiro atoms. The minimum atomic E-state index is -4.43. The molecule has 1 atom stereocenters. The Hall–Kier alpha value is -3.26. The number of aromatic amines is 1. The Morgan fingerprint density at radius 3 is 1.97 bits per heavy atom. The van der Waals surface area contributed by atoms with Crippen LogP contribution in [-0.2, 0) is 25.3 Å². The molecule has 1 aliphatic rings. The van der Waals surface area contributed by atoms with Crippen LogP contribution in [0.2, 0.25) is 0 Å². The van der Waals surface area contributed by atoms with Crippen LogP contribution in [0.3, 0.4) is 0 Å². The number of hydrogen-bond donors (Lipinski definition) is 1. The third-order valence-electron chi connectivity index (χ3n) is 6.35. The fraction of sp³-hybridized carbons (Fsp3) is 0.231. The van der Waals surface area contributed by atoms with Crippen LogP contribution in [0, 0.1) is 0 Å². The van der Waals surface area contributed by atoms with Crippen molar-refractivity contribution in [2.24, 2.45) is 0 Å². The van der Waals surface area contributed by atoms with E-state index in [4.69, 9.17) is 0 Å². The molecule has 1 unspecified atom stereocenters. The van der Waals surface area contributed by atoms with Gasteiger partial charge in [0.15, 0.2) is 0 Å². The summed E-state index contributed by atoms with van der Waals surface area (Å²) in [6, 6.07) is 17.6. The minimum absolute atomic E-state index is 0.360. The molecular formula is C26H20F6N2. The van der Waals surface area contributed by atoms with Crippen LogP contribution in [-0.4, -0.2) is 16.4 Å². The van der Waals surface area contributed by atoms with E-state index < -0.39 is 23.5 Å². The molecule has 1 aromatic heterocycles. The van der Waals surface area contributed by atoms with E-state index in [0.29, 0.717) is 24.2 Å². The van der Waals surface area contributed by atoms with Gasteiger partial charge in [-0.25, -0.2) is 0 Å². The van der Waals surface area contributed by atoms with E-state index >= 15 is 0 Å². The number of rotatable bonds is 3. The van der Waals surface area contributed by atoms with Gasteiger partial charge in [-0.3, -0.25) is 4.90 Å². The first-order chi connectivity index (χ1) is 16.1. The van der Waals surface area contributed by atoms with E-state index in [1.54, 1.807) is 0 Å². The second kappa shape index (κ2) is 8.20. The molecule has 176 valence electrons. The predicted molar refractivity (Wildman–Crippen MR) is 117 cm³/mol. The number of hydrogen-bond acceptors (Lipinski definition) is 1. The average molecular weight is 474 g/mol. The lowest BCUT2D eigenvalue weighted by molar-refractivity contribution is -0.138. The van der Waals surface area contributed by atoms with E-state index in [1.807, 2.05) is 24.3 Å². The fourth-order valence-corrected chi connectivity index (χ4v) is 4.73. The monoisotopic (exact) mass is 474 g/mol. The molecule has 0 aliphatic carbocycles. The summed E-state index contributed by atoms with van der Waals surface area (Å²) in [5.41, 5.74) is 2.91. The zero-order valence-corrected chi connectivity index (χ0v) is 17.8. The van der Waals surface area contributed by atoms with E-state index in [1.165, 1.54) is 24.3 Å². The first-order valence-corrected chi connectivity index (χ1v) is 10.8. The van der Waals surface area contributed by atoms with Crippen LogP contribution >= 0.6 is 0 Å². The quantitative estimate of drug-likeness (QED) is 0.308. The van der Waals surface area contributed by atoms with Gasteiger partial charge in [-0.2, -0.15) is 26.3 Å². The molecule has 0 bridgehead atoms. The number of halogens is 6. The number of para-hydroxylation sites is 1. The molecule has 8 heteroatoms. The Kier molecular flexibility index (Phi) is 5.43. The van der Waals surface area contributed by atoms with Crippen molar-refractivity contribution < 1.29 is 26.3 Å². The highest BCUT2D eigenvalue weighted by Gasteiger charge is 2.34. The van der Waals surface area contributed by atoms with Crippen molar-refractivity contribution in [3.63, 3.8) is 0 Å². The van der Waals surface area contributed by atoms with Gasteiger partial charge in [-0.05, 0) is 53.4 Å². The molecule has 3 aromatic carbocycles. The van der Waals surface area contributed by atoms with Crippen molar-refractivity contribution >= 4 is 10.9 Å². The van der Waals surface area contributed by atoms with Gasteiger partial charge >= 0.3 is 12.4 Å². The minimum Gasteiger partial charge on any atom is -0.357 e. The Balaban J connectivity index is 1.54. The van der Waals surface area contributed by atoms with Gasteiger partial charge in [0.1, 0.15) is 0 Å². The summed E-state index contributed by atoms with van der Waals surface area (Å²) >= 11 is 0. The molecule has 0 saturated carbocycles. The number of nitrogens with zero attached hydrogens (tertiary/aromatic N) is 1. The number of aromatic nitrogens is 1. The fourth-order valence-electron chi connectivity index (χ4n) is 4.73. The predicted octanol–water partition coefficient (Wildman–Crippen LogP) is 7.35. The summed E-state index contributed by atoms with van der Waals surface area (Å²) in [5, 5.41) is 1.07. The van der Waals surface area contributed by atoms with Gasteiger partial charge in [0.2, 0.25) is 0 Å². The molecule has 1 N–H and O–H groups in total. The number of nitrogens with one attached hydrogen (secondary N) is 1. The maximum Gasteiger partial charge on any atom is 0.416 e. The Morgan fingerprint density at radius 1 is 0.765 bits per heavy atom. The topological polar surface area (TPSA) is 19.0 Å². The van der Waals surface area contributed by atoms with Gasteiger partial charge in [0, 0.05) is 29.7 Å². The van der Waals surface area contributed by atoms with Crippen LogP contribution < -0.4 is 0 Å². The van der Waals surface area contributed by atoms with Crippen LogP contribution in [0.15, 0.2) is 72.8 Å². The molecule has 5 rings (SSSR count). The summed E-state index contributed by atoms with van der Waals surface area (Å²) in [7, 11) is 0. The number of benzene rings is 3. The maximum atomic E-state index is 13.1. The molecular weight excluding hydrogens is 454 g/mol. The molecule has 0 fully saturated rings. The molecule has 4 aromatic rings. The highest BCUT2D eigenvalue weighted by molar-refractivity contribution is 5.85. The molecule has 0 saturated heterocycles. The zero-order chi connectivity index (χ0) is 24.1. The largest absolute Gasteiger partial charge is 0.416 e. The zero-order valence-electron chi connectivity index (χ0n) is 17.8. The first-order valence-electron chi connectivity index (χ1n) is 10.8. The maximum absolute atomic E-state index is 13.1. The second-order valence-corrected chi connectivity index (χ2v) is 8.50. The molecule has 34 heavy (non-hydrogen) atoms. The number of alkyl halides is 6. The van der Waals surface area contributed by atoms with Crippen LogP contribution in [0.4, 0.5) is 26.3 Å². The van der Waals surface area contributed by atoms with Crippen LogP contribution in [0.5, 0.6) is 0 Å². The van der Waals surface area contributed by atoms with Gasteiger partial charge in [0.25, 0.3) is 0 Å². The van der Waals surface area contributed by atoms with Crippen LogP contribution in [0.1, 0.15) is 39.6 Å². The Bertz CT molecular complexity index is 1300. The number of fused-ring (bicyclic) bond motifs is 3. The molecule has 2 nitrogen and oxygen atoms in total. The summed E-state index contributed by atoms with van der Waals surface area (Å²) in [6.45, 7) is 0.972. The standard InChI is InChI=1S/C26H20F6N2/c27-25(28,29)18-9-5-16(6-10-18)15-34-14-13-21-20-3-1-2-4-22(20)33-23(21)24(34)17-7-11-19(12-8-17)26(30,31)32/h1-12,24,33H,13-15H2. The molecule has 0 amide bonds. The SMILES string of the molecule is FC(F)(F)c1ccc(CN2CCc3c([nH]c4ccccc34)C2c2ccc(C(F)(F)F)cc2)cc1. The smallest absolute Gasteiger partial charge is 0.357 e. The Morgan fingerprint density at radius 2 is 1.35 bits per heavy atom. The molecule has 0 radical (unpaired) electrons. The lowest BCUT2D eigenvalue weighted by Crippen LogP contribution is -2.35. The van der Waals surface area contributed by atoms with Crippen molar-refractivity contribution in [3.8, 4) is 0 Å². The van der Waals surface area contributed by atoms with Gasteiger partial charge < -0.3 is 4.98 Å². The third kappa shape index (κ3) is 4.18. The van der Waals surface area contributed by atoms with E-state index in [9.17, 15) is 26.3 Å². The number of H-pyrrole nitrogens is 1. The molecule has 1 aliphatic heterocycles. The lowest BCUT2D eigenvalue weighted by atomic mass is 9.91. The molecule has 2 heterocycles. The first kappa shape index (κ1) is 22.5. The van der Waals surface area contributed by atoms with Crippen molar-refractivity contribution in [1.29, 1.82) is 0 Å². The van der Waals surface area contributed by atoms with Crippen molar-refractivity contribution in [2.45, 2.75) is 31.4 Å². The summed E-state index contributed by atoms with van der Waals surface area (Å²) in [5.74, 6) is 0.